The molecular weight excluding hydrogens is 459 g/mol. The van der Waals surface area contributed by atoms with Gasteiger partial charge in [0.2, 0.25) is 5.91 Å². The van der Waals surface area contributed by atoms with Gasteiger partial charge in [-0.2, -0.15) is 5.26 Å². The zero-order valence-corrected chi connectivity index (χ0v) is 19.6. The van der Waals surface area contributed by atoms with Gasteiger partial charge in [0.15, 0.2) is 5.78 Å². The highest BCUT2D eigenvalue weighted by Crippen LogP contribution is 2.56. The lowest BCUT2D eigenvalue weighted by molar-refractivity contribution is -0.122. The second kappa shape index (κ2) is 7.38. The zero-order valence-electron chi connectivity index (χ0n) is 18.1. The van der Waals surface area contributed by atoms with Gasteiger partial charge in [-0.1, -0.05) is 35.3 Å². The summed E-state index contributed by atoms with van der Waals surface area (Å²) in [4.78, 5) is 28.9. The lowest BCUT2D eigenvalue weighted by Crippen LogP contribution is -2.50. The Bertz CT molecular complexity index is 1390. The van der Waals surface area contributed by atoms with E-state index in [9.17, 15) is 14.9 Å². The monoisotopic (exact) mass is 478 g/mol. The second-order valence-electron chi connectivity index (χ2n) is 8.54. The Labute approximate surface area is 201 Å². The number of allylic oxidation sites excluding steroid dienone is 1. The fourth-order valence-electron chi connectivity index (χ4n) is 5.19. The highest BCUT2D eigenvalue weighted by molar-refractivity contribution is 6.32. The minimum Gasteiger partial charge on any atom is -0.384 e. The van der Waals surface area contributed by atoms with Crippen LogP contribution in [0.4, 0.5) is 11.4 Å². The van der Waals surface area contributed by atoms with Crippen LogP contribution in [-0.2, 0) is 15.0 Å². The van der Waals surface area contributed by atoms with Crippen molar-refractivity contribution in [3.8, 4) is 6.07 Å². The zero-order chi connectivity index (χ0) is 23.7. The van der Waals surface area contributed by atoms with Crippen molar-refractivity contribution in [3.05, 3.63) is 79.7 Å². The van der Waals surface area contributed by atoms with Crippen molar-refractivity contribution in [1.29, 1.82) is 5.26 Å². The van der Waals surface area contributed by atoms with Crippen molar-refractivity contribution < 1.29 is 9.59 Å². The van der Waals surface area contributed by atoms with Crippen molar-refractivity contribution in [2.75, 3.05) is 10.2 Å². The average Bonchev–Trinajstić information content (AvgIpc) is 3.06. The molecule has 2 aliphatic heterocycles. The van der Waals surface area contributed by atoms with Crippen LogP contribution in [0.25, 0.3) is 0 Å². The number of hydrogen-bond donors (Lipinski definition) is 2. The Morgan fingerprint density at radius 3 is 2.58 bits per heavy atom. The van der Waals surface area contributed by atoms with Crippen LogP contribution in [0.1, 0.15) is 36.0 Å². The molecule has 0 fully saturated rings. The number of nitriles is 1. The third-order valence-corrected chi connectivity index (χ3v) is 7.63. The molecule has 1 atom stereocenters. The van der Waals surface area contributed by atoms with Gasteiger partial charge in [-0.15, -0.1) is 0 Å². The van der Waals surface area contributed by atoms with Gasteiger partial charge in [0.1, 0.15) is 17.3 Å². The van der Waals surface area contributed by atoms with E-state index in [0.29, 0.717) is 56.7 Å². The summed E-state index contributed by atoms with van der Waals surface area (Å²) >= 11 is 12.7. The highest BCUT2D eigenvalue weighted by atomic mass is 35.5. The summed E-state index contributed by atoms with van der Waals surface area (Å²) in [5, 5.41) is 14.2. The number of nitrogens with one attached hydrogen (secondary N) is 1. The van der Waals surface area contributed by atoms with E-state index in [1.807, 2.05) is 19.1 Å². The van der Waals surface area contributed by atoms with Crippen LogP contribution < -0.4 is 16.0 Å². The molecule has 2 aromatic carbocycles. The van der Waals surface area contributed by atoms with Gasteiger partial charge < -0.3 is 11.1 Å². The molecule has 3 aliphatic rings. The highest BCUT2D eigenvalue weighted by Gasteiger charge is 2.60. The van der Waals surface area contributed by atoms with Crippen LogP contribution in [0, 0.1) is 25.2 Å². The SMILES string of the molecule is Cc1ccc(N2C(N)=C(C#N)C3(C(=O)Nc4c3ccc(Cl)c4C)C3=C2CCCC3=O)cc1Cl. The molecule has 3 N–H and O–H groups in total. The van der Waals surface area contributed by atoms with E-state index >= 15 is 0 Å². The molecule has 0 bridgehead atoms. The summed E-state index contributed by atoms with van der Waals surface area (Å²) < 4.78 is 0. The second-order valence-corrected chi connectivity index (χ2v) is 9.35. The Balaban J connectivity index is 1.89. The molecule has 8 heteroatoms. The summed E-state index contributed by atoms with van der Waals surface area (Å²) in [6.07, 6.45) is 1.44. The van der Waals surface area contributed by atoms with Crippen molar-refractivity contribution in [1.82, 2.24) is 0 Å². The normalized spacial score (nSPS) is 21.8. The van der Waals surface area contributed by atoms with Gasteiger partial charge in [-0.05, 0) is 56.0 Å². The summed E-state index contributed by atoms with van der Waals surface area (Å²) in [5.74, 6) is -0.525. The van der Waals surface area contributed by atoms with Gasteiger partial charge in [0.05, 0.1) is 11.3 Å². The molecule has 0 saturated carbocycles. The van der Waals surface area contributed by atoms with Crippen LogP contribution in [0.5, 0.6) is 0 Å². The Kier molecular flexibility index (Phi) is 4.82. The fraction of sp³-hybridized carbons (Fsp3) is 0.240. The molecule has 2 aromatic rings. The van der Waals surface area contributed by atoms with Crippen LogP contribution in [0.3, 0.4) is 0 Å². The summed E-state index contributed by atoms with van der Waals surface area (Å²) in [7, 11) is 0. The Hall–Kier alpha value is -3.27. The summed E-state index contributed by atoms with van der Waals surface area (Å²) in [6, 6.07) is 11.0. The van der Waals surface area contributed by atoms with Crippen LogP contribution in [0.2, 0.25) is 10.0 Å². The molecule has 6 nitrogen and oxygen atoms in total. The number of hydrogen-bond acceptors (Lipinski definition) is 5. The third-order valence-electron chi connectivity index (χ3n) is 6.81. The number of nitrogens with zero attached hydrogens (tertiary/aromatic N) is 2. The first-order valence-electron chi connectivity index (χ1n) is 10.6. The van der Waals surface area contributed by atoms with Crippen molar-refractivity contribution in [2.45, 2.75) is 38.5 Å². The van der Waals surface area contributed by atoms with Crippen molar-refractivity contribution in [3.63, 3.8) is 0 Å². The third kappa shape index (κ3) is 2.73. The number of anilines is 2. The van der Waals surface area contributed by atoms with Crippen LogP contribution >= 0.6 is 23.2 Å². The lowest BCUT2D eigenvalue weighted by Gasteiger charge is -2.43. The number of carbonyl (C=O) groups excluding carboxylic acids is 2. The Morgan fingerprint density at radius 1 is 1.12 bits per heavy atom. The van der Waals surface area contributed by atoms with E-state index in [1.54, 1.807) is 30.0 Å². The molecular formula is C25H20Cl2N4O2. The maximum atomic E-state index is 13.7. The quantitative estimate of drug-likeness (QED) is 0.599. The number of amides is 1. The standard InChI is InChI=1S/C25H20Cl2N4O2/c1-12-6-7-14(10-18(12)27)31-19-4-3-5-20(32)21(19)25(16(11-28)23(31)29)15-8-9-17(26)13(2)22(15)30-24(25)33/h6-10H,3-5,29H2,1-2H3,(H,30,33). The van der Waals surface area contributed by atoms with E-state index in [2.05, 4.69) is 11.4 Å². The molecule has 0 radical (unpaired) electrons. The number of carbonyl (C=O) groups is 2. The molecule has 2 heterocycles. The van der Waals surface area contributed by atoms with Gasteiger partial charge in [-0.3, -0.25) is 14.5 Å². The largest absolute Gasteiger partial charge is 0.384 e. The molecule has 1 spiro atoms. The lowest BCUT2D eigenvalue weighted by atomic mass is 9.63. The number of Topliss-reactive ketones (excluding diaryl/α,β-unsaturated/α-hetero) is 1. The predicted octanol–water partition coefficient (Wildman–Crippen LogP) is 5.02. The summed E-state index contributed by atoms with van der Waals surface area (Å²) in [6.45, 7) is 3.68. The number of aryl methyl sites for hydroxylation is 1. The van der Waals surface area contributed by atoms with E-state index < -0.39 is 11.3 Å². The number of ketones is 1. The molecule has 1 aliphatic carbocycles. The molecule has 0 saturated heterocycles. The Morgan fingerprint density at radius 2 is 1.88 bits per heavy atom. The number of rotatable bonds is 1. The molecule has 166 valence electrons. The first-order valence-corrected chi connectivity index (χ1v) is 11.3. The van der Waals surface area contributed by atoms with Gasteiger partial charge in [-0.25, -0.2) is 0 Å². The van der Waals surface area contributed by atoms with Crippen LogP contribution in [-0.4, -0.2) is 11.7 Å². The smallest absolute Gasteiger partial charge is 0.245 e. The number of fused-ring (bicyclic) bond motifs is 3. The minimum absolute atomic E-state index is 0.0196. The van der Waals surface area contributed by atoms with E-state index in [0.717, 1.165) is 5.56 Å². The first kappa shape index (κ1) is 21.6. The number of nitrogens with two attached hydrogens (primary N) is 1. The van der Waals surface area contributed by atoms with Gasteiger partial charge in [0.25, 0.3) is 0 Å². The van der Waals surface area contributed by atoms with E-state index in [-0.39, 0.29) is 23.6 Å². The predicted molar refractivity (Wildman–Crippen MR) is 128 cm³/mol. The molecule has 1 amide bonds. The topological polar surface area (TPSA) is 99.2 Å². The fourth-order valence-corrected chi connectivity index (χ4v) is 5.53. The first-order chi connectivity index (χ1) is 15.7. The minimum atomic E-state index is -1.61. The van der Waals surface area contributed by atoms with E-state index in [1.165, 1.54) is 0 Å². The average molecular weight is 479 g/mol. The number of benzene rings is 2. The van der Waals surface area contributed by atoms with Crippen molar-refractivity contribution in [2.24, 2.45) is 5.73 Å². The van der Waals surface area contributed by atoms with Crippen molar-refractivity contribution >= 4 is 46.3 Å². The molecule has 33 heavy (non-hydrogen) atoms. The van der Waals surface area contributed by atoms with Gasteiger partial charge in [0, 0.05) is 39.0 Å². The maximum Gasteiger partial charge on any atom is 0.245 e. The van der Waals surface area contributed by atoms with E-state index in [4.69, 9.17) is 28.9 Å². The maximum absolute atomic E-state index is 13.7. The molecule has 1 unspecified atom stereocenters. The molecule has 5 rings (SSSR count). The van der Waals surface area contributed by atoms with Crippen LogP contribution in [0.15, 0.2) is 53.0 Å². The number of halogens is 2. The van der Waals surface area contributed by atoms with Gasteiger partial charge >= 0.3 is 0 Å². The molecule has 0 aromatic heterocycles. The summed E-state index contributed by atoms with van der Waals surface area (Å²) in [5.41, 5.74) is 9.22.